The van der Waals surface area contributed by atoms with Crippen LogP contribution in [0.2, 0.25) is 0 Å². The number of nitrogens with two attached hydrogens (primary N) is 1. The summed E-state index contributed by atoms with van der Waals surface area (Å²) in [5.74, 6) is 2.96. The standard InChI is InChI=1S/C15H26N4/c1-10(11-7-5-6-8-11)17-13-9-12(16)18-14(19-13)15(2,3)4/h9-11H,5-8H2,1-4H3,(H3,16,17,18,19). The third-order valence-corrected chi connectivity index (χ3v) is 3.90. The van der Waals surface area contributed by atoms with Crippen molar-refractivity contribution in [3.8, 4) is 0 Å². The smallest absolute Gasteiger partial charge is 0.138 e. The van der Waals surface area contributed by atoms with Gasteiger partial charge in [-0.1, -0.05) is 33.6 Å². The first-order chi connectivity index (χ1) is 8.86. The Hall–Kier alpha value is -1.32. The van der Waals surface area contributed by atoms with E-state index in [0.29, 0.717) is 11.9 Å². The highest BCUT2D eigenvalue weighted by molar-refractivity contribution is 5.46. The number of nitrogen functional groups attached to an aromatic ring is 1. The molecule has 1 aliphatic carbocycles. The Labute approximate surface area is 116 Å². The van der Waals surface area contributed by atoms with Crippen LogP contribution in [0.5, 0.6) is 0 Å². The highest BCUT2D eigenvalue weighted by Gasteiger charge is 2.23. The summed E-state index contributed by atoms with van der Waals surface area (Å²) in [7, 11) is 0. The molecule has 0 saturated heterocycles. The van der Waals surface area contributed by atoms with Crippen molar-refractivity contribution in [2.24, 2.45) is 5.92 Å². The lowest BCUT2D eigenvalue weighted by atomic mass is 9.95. The number of nitrogens with one attached hydrogen (secondary N) is 1. The largest absolute Gasteiger partial charge is 0.384 e. The van der Waals surface area contributed by atoms with Crippen LogP contribution < -0.4 is 11.1 Å². The zero-order valence-electron chi connectivity index (χ0n) is 12.5. The maximum absolute atomic E-state index is 5.89. The van der Waals surface area contributed by atoms with Crippen molar-refractivity contribution in [2.75, 3.05) is 11.1 Å². The number of anilines is 2. The average molecular weight is 262 g/mol. The van der Waals surface area contributed by atoms with Crippen molar-refractivity contribution in [2.45, 2.75) is 64.8 Å². The van der Waals surface area contributed by atoms with Crippen LogP contribution in [0.3, 0.4) is 0 Å². The summed E-state index contributed by atoms with van der Waals surface area (Å²) in [5, 5.41) is 3.51. The second kappa shape index (κ2) is 5.35. The molecule has 1 aliphatic rings. The van der Waals surface area contributed by atoms with Crippen molar-refractivity contribution in [3.05, 3.63) is 11.9 Å². The molecule has 2 rings (SSSR count). The number of rotatable bonds is 3. The summed E-state index contributed by atoms with van der Waals surface area (Å²) < 4.78 is 0. The predicted octanol–water partition coefficient (Wildman–Crippen LogP) is 3.35. The van der Waals surface area contributed by atoms with Gasteiger partial charge in [-0.2, -0.15) is 0 Å². The van der Waals surface area contributed by atoms with Gasteiger partial charge in [0.15, 0.2) is 0 Å². The topological polar surface area (TPSA) is 63.8 Å². The van der Waals surface area contributed by atoms with Crippen LogP contribution in [-0.4, -0.2) is 16.0 Å². The Morgan fingerprint density at radius 1 is 1.26 bits per heavy atom. The lowest BCUT2D eigenvalue weighted by Gasteiger charge is -2.23. The number of nitrogens with zero attached hydrogens (tertiary/aromatic N) is 2. The third kappa shape index (κ3) is 3.58. The Morgan fingerprint density at radius 2 is 1.89 bits per heavy atom. The van der Waals surface area contributed by atoms with Gasteiger partial charge in [0, 0.05) is 17.5 Å². The molecule has 4 heteroatoms. The molecule has 1 aromatic rings. The SMILES string of the molecule is CC(Nc1cc(N)nc(C(C)(C)C)n1)C1CCCC1. The van der Waals surface area contributed by atoms with Gasteiger partial charge in [0.2, 0.25) is 0 Å². The summed E-state index contributed by atoms with van der Waals surface area (Å²) in [6.07, 6.45) is 5.35. The summed E-state index contributed by atoms with van der Waals surface area (Å²) in [6, 6.07) is 2.28. The van der Waals surface area contributed by atoms with Crippen LogP contribution in [0, 0.1) is 5.92 Å². The molecule has 1 fully saturated rings. The molecular formula is C15H26N4. The van der Waals surface area contributed by atoms with E-state index >= 15 is 0 Å². The summed E-state index contributed by atoms with van der Waals surface area (Å²) >= 11 is 0. The zero-order valence-corrected chi connectivity index (χ0v) is 12.5. The normalized spacial score (nSPS) is 18.5. The fourth-order valence-electron chi connectivity index (χ4n) is 2.68. The quantitative estimate of drug-likeness (QED) is 0.877. The fourth-order valence-corrected chi connectivity index (χ4v) is 2.68. The molecule has 1 atom stereocenters. The molecule has 1 heterocycles. The van der Waals surface area contributed by atoms with E-state index in [0.717, 1.165) is 17.6 Å². The Morgan fingerprint density at radius 3 is 2.47 bits per heavy atom. The van der Waals surface area contributed by atoms with E-state index in [4.69, 9.17) is 5.73 Å². The first-order valence-electron chi connectivity index (χ1n) is 7.28. The molecule has 0 aromatic carbocycles. The van der Waals surface area contributed by atoms with Crippen LogP contribution in [0.25, 0.3) is 0 Å². The van der Waals surface area contributed by atoms with Crippen LogP contribution >= 0.6 is 0 Å². The van der Waals surface area contributed by atoms with E-state index in [1.807, 2.05) is 6.07 Å². The molecule has 1 unspecified atom stereocenters. The van der Waals surface area contributed by atoms with Crippen molar-refractivity contribution in [3.63, 3.8) is 0 Å². The van der Waals surface area contributed by atoms with E-state index < -0.39 is 0 Å². The molecule has 4 nitrogen and oxygen atoms in total. The monoisotopic (exact) mass is 262 g/mol. The Bertz CT molecular complexity index is 430. The van der Waals surface area contributed by atoms with Crippen LogP contribution in [0.15, 0.2) is 6.07 Å². The second-order valence-corrected chi connectivity index (χ2v) is 6.73. The molecule has 1 aromatic heterocycles. The minimum absolute atomic E-state index is 0.0809. The van der Waals surface area contributed by atoms with Crippen molar-refractivity contribution < 1.29 is 0 Å². The van der Waals surface area contributed by atoms with Gasteiger partial charge in [-0.05, 0) is 25.7 Å². The zero-order chi connectivity index (χ0) is 14.0. The Kier molecular flexibility index (Phi) is 3.97. The van der Waals surface area contributed by atoms with Crippen molar-refractivity contribution in [1.29, 1.82) is 0 Å². The van der Waals surface area contributed by atoms with Gasteiger partial charge in [-0.3, -0.25) is 0 Å². The summed E-state index contributed by atoms with van der Waals surface area (Å²) in [4.78, 5) is 8.95. The summed E-state index contributed by atoms with van der Waals surface area (Å²) in [5.41, 5.74) is 5.81. The fraction of sp³-hybridized carbons (Fsp3) is 0.733. The number of hydrogen-bond donors (Lipinski definition) is 2. The van der Waals surface area contributed by atoms with E-state index in [9.17, 15) is 0 Å². The lowest BCUT2D eigenvalue weighted by molar-refractivity contribution is 0.479. The van der Waals surface area contributed by atoms with Gasteiger partial charge in [-0.25, -0.2) is 9.97 Å². The second-order valence-electron chi connectivity index (χ2n) is 6.73. The molecular weight excluding hydrogens is 236 g/mol. The van der Waals surface area contributed by atoms with E-state index in [1.54, 1.807) is 0 Å². The molecule has 3 N–H and O–H groups in total. The van der Waals surface area contributed by atoms with E-state index in [1.165, 1.54) is 25.7 Å². The molecule has 0 aliphatic heterocycles. The first kappa shape index (κ1) is 14.1. The number of hydrogen-bond acceptors (Lipinski definition) is 4. The lowest BCUT2D eigenvalue weighted by Crippen LogP contribution is -2.26. The van der Waals surface area contributed by atoms with E-state index in [2.05, 4.69) is 43.0 Å². The van der Waals surface area contributed by atoms with Crippen molar-refractivity contribution in [1.82, 2.24) is 9.97 Å². The van der Waals surface area contributed by atoms with Crippen LogP contribution in [0.1, 0.15) is 59.2 Å². The highest BCUT2D eigenvalue weighted by atomic mass is 15.1. The molecule has 0 amide bonds. The van der Waals surface area contributed by atoms with Gasteiger partial charge < -0.3 is 11.1 Å². The number of aromatic nitrogens is 2. The van der Waals surface area contributed by atoms with Crippen LogP contribution in [-0.2, 0) is 5.41 Å². The molecule has 0 bridgehead atoms. The third-order valence-electron chi connectivity index (χ3n) is 3.90. The minimum atomic E-state index is -0.0809. The van der Waals surface area contributed by atoms with Gasteiger partial charge in [-0.15, -0.1) is 0 Å². The van der Waals surface area contributed by atoms with Crippen LogP contribution in [0.4, 0.5) is 11.6 Å². The molecule has 1 saturated carbocycles. The highest BCUT2D eigenvalue weighted by Crippen LogP contribution is 2.29. The van der Waals surface area contributed by atoms with Gasteiger partial charge in [0.25, 0.3) is 0 Å². The molecule has 106 valence electrons. The molecule has 19 heavy (non-hydrogen) atoms. The maximum atomic E-state index is 5.89. The van der Waals surface area contributed by atoms with Gasteiger partial charge in [0.1, 0.15) is 17.5 Å². The summed E-state index contributed by atoms with van der Waals surface area (Å²) in [6.45, 7) is 8.55. The average Bonchev–Trinajstić information content (AvgIpc) is 2.80. The van der Waals surface area contributed by atoms with E-state index in [-0.39, 0.29) is 5.41 Å². The minimum Gasteiger partial charge on any atom is -0.384 e. The van der Waals surface area contributed by atoms with Gasteiger partial charge in [0.05, 0.1) is 0 Å². The molecule has 0 spiro atoms. The van der Waals surface area contributed by atoms with Crippen molar-refractivity contribution >= 4 is 11.6 Å². The predicted molar refractivity (Wildman–Crippen MR) is 80.2 cm³/mol. The first-order valence-corrected chi connectivity index (χ1v) is 7.28. The Balaban J connectivity index is 2.13. The maximum Gasteiger partial charge on any atom is 0.138 e. The molecule has 0 radical (unpaired) electrons. The van der Waals surface area contributed by atoms with Gasteiger partial charge >= 0.3 is 0 Å².